The lowest BCUT2D eigenvalue weighted by molar-refractivity contribution is -0.142. The summed E-state index contributed by atoms with van der Waals surface area (Å²) in [6.07, 6.45) is 4.19. The number of nitrogens with zero attached hydrogens (tertiary/aromatic N) is 1. The molecular formula is C23H26Cl2N2O3. The van der Waals surface area contributed by atoms with Gasteiger partial charge in [0.15, 0.2) is 6.61 Å². The first-order chi connectivity index (χ1) is 14.5. The molecule has 30 heavy (non-hydrogen) atoms. The van der Waals surface area contributed by atoms with Gasteiger partial charge in [0.25, 0.3) is 5.91 Å². The van der Waals surface area contributed by atoms with E-state index in [0.717, 1.165) is 31.2 Å². The fourth-order valence-electron chi connectivity index (χ4n) is 3.57. The van der Waals surface area contributed by atoms with Crippen molar-refractivity contribution in [2.75, 3.05) is 6.61 Å². The third-order valence-corrected chi connectivity index (χ3v) is 6.04. The van der Waals surface area contributed by atoms with Crippen molar-refractivity contribution in [3.05, 3.63) is 64.1 Å². The number of amides is 2. The Kier molecular flexibility index (Phi) is 8.00. The summed E-state index contributed by atoms with van der Waals surface area (Å²) in [5.74, 6) is -0.0581. The second-order valence-corrected chi connectivity index (χ2v) is 8.31. The van der Waals surface area contributed by atoms with Gasteiger partial charge in [-0.3, -0.25) is 9.59 Å². The Labute approximate surface area is 187 Å². The molecule has 1 aliphatic carbocycles. The van der Waals surface area contributed by atoms with Crippen LogP contribution in [0.25, 0.3) is 0 Å². The molecule has 1 unspecified atom stereocenters. The largest absolute Gasteiger partial charge is 0.482 e. The highest BCUT2D eigenvalue weighted by molar-refractivity contribution is 6.32. The van der Waals surface area contributed by atoms with Crippen LogP contribution in [0.15, 0.2) is 48.5 Å². The zero-order valence-corrected chi connectivity index (χ0v) is 18.5. The lowest BCUT2D eigenvalue weighted by Crippen LogP contribution is -2.50. The topological polar surface area (TPSA) is 58.6 Å². The minimum Gasteiger partial charge on any atom is -0.482 e. The van der Waals surface area contributed by atoms with Gasteiger partial charge in [0, 0.05) is 17.6 Å². The highest BCUT2D eigenvalue weighted by Gasteiger charge is 2.29. The highest BCUT2D eigenvalue weighted by Crippen LogP contribution is 2.24. The van der Waals surface area contributed by atoms with Crippen LogP contribution in [0.2, 0.25) is 10.0 Å². The van der Waals surface area contributed by atoms with Crippen molar-refractivity contribution < 1.29 is 14.3 Å². The van der Waals surface area contributed by atoms with Gasteiger partial charge in [0.1, 0.15) is 11.8 Å². The molecule has 0 aromatic heterocycles. The third kappa shape index (κ3) is 5.89. The number of benzene rings is 2. The average Bonchev–Trinajstić information content (AvgIpc) is 3.25. The zero-order valence-electron chi connectivity index (χ0n) is 16.9. The SMILES string of the molecule is CC(C(=O)NC1CCCC1)N(Cc1ccccc1Cl)C(=O)COc1ccccc1Cl. The van der Waals surface area contributed by atoms with E-state index in [9.17, 15) is 9.59 Å². The van der Waals surface area contributed by atoms with Gasteiger partial charge in [0.05, 0.1) is 5.02 Å². The number of ether oxygens (including phenoxy) is 1. The van der Waals surface area contributed by atoms with Crippen molar-refractivity contribution in [3.8, 4) is 5.75 Å². The Morgan fingerprint density at radius 2 is 1.70 bits per heavy atom. The van der Waals surface area contributed by atoms with Crippen LogP contribution in [0.4, 0.5) is 0 Å². The van der Waals surface area contributed by atoms with Gasteiger partial charge in [0.2, 0.25) is 5.91 Å². The summed E-state index contributed by atoms with van der Waals surface area (Å²) in [5.41, 5.74) is 0.769. The second-order valence-electron chi connectivity index (χ2n) is 7.50. The summed E-state index contributed by atoms with van der Waals surface area (Å²) < 4.78 is 5.62. The molecule has 3 rings (SSSR count). The van der Waals surface area contributed by atoms with Crippen LogP contribution in [0.1, 0.15) is 38.2 Å². The van der Waals surface area contributed by atoms with Crippen LogP contribution in [0.5, 0.6) is 5.75 Å². The molecule has 0 saturated heterocycles. The molecule has 1 saturated carbocycles. The van der Waals surface area contributed by atoms with E-state index in [0.29, 0.717) is 15.8 Å². The maximum absolute atomic E-state index is 13.1. The lowest BCUT2D eigenvalue weighted by atomic mass is 10.1. The first kappa shape index (κ1) is 22.4. The quantitative estimate of drug-likeness (QED) is 0.627. The van der Waals surface area contributed by atoms with Crippen molar-refractivity contribution in [2.45, 2.75) is 51.2 Å². The lowest BCUT2D eigenvalue weighted by Gasteiger charge is -2.30. The standard InChI is InChI=1S/C23H26Cl2N2O3/c1-16(23(29)26-18-9-3-4-10-18)27(14-17-8-2-5-11-19(17)24)22(28)15-30-21-13-7-6-12-20(21)25/h2,5-8,11-13,16,18H,3-4,9-10,14-15H2,1H3,(H,26,29). The number of para-hydroxylation sites is 1. The van der Waals surface area contributed by atoms with Crippen molar-refractivity contribution >= 4 is 35.0 Å². The normalized spacial score (nSPS) is 14.9. The van der Waals surface area contributed by atoms with E-state index in [1.165, 1.54) is 4.90 Å². The van der Waals surface area contributed by atoms with E-state index in [1.54, 1.807) is 37.3 Å². The van der Waals surface area contributed by atoms with Gasteiger partial charge in [-0.25, -0.2) is 0 Å². The summed E-state index contributed by atoms with van der Waals surface area (Å²) in [6, 6.07) is 13.8. The van der Waals surface area contributed by atoms with Crippen LogP contribution in [0, 0.1) is 0 Å². The van der Waals surface area contributed by atoms with E-state index < -0.39 is 6.04 Å². The molecule has 2 amide bonds. The van der Waals surface area contributed by atoms with Crippen LogP contribution in [-0.2, 0) is 16.1 Å². The molecule has 1 aliphatic rings. The van der Waals surface area contributed by atoms with Gasteiger partial charge in [-0.1, -0.05) is 66.4 Å². The van der Waals surface area contributed by atoms with Crippen molar-refractivity contribution in [2.24, 2.45) is 0 Å². The Morgan fingerprint density at radius 1 is 1.07 bits per heavy atom. The molecule has 1 N–H and O–H groups in total. The molecule has 1 fully saturated rings. The number of halogens is 2. The fourth-order valence-corrected chi connectivity index (χ4v) is 3.95. The molecular weight excluding hydrogens is 423 g/mol. The molecule has 0 bridgehead atoms. The summed E-state index contributed by atoms with van der Waals surface area (Å²) in [7, 11) is 0. The smallest absolute Gasteiger partial charge is 0.261 e. The van der Waals surface area contributed by atoms with Crippen molar-refractivity contribution in [1.29, 1.82) is 0 Å². The van der Waals surface area contributed by atoms with E-state index in [1.807, 2.05) is 18.2 Å². The number of hydrogen-bond acceptors (Lipinski definition) is 3. The molecule has 7 heteroatoms. The number of nitrogens with one attached hydrogen (secondary N) is 1. The first-order valence-electron chi connectivity index (χ1n) is 10.2. The summed E-state index contributed by atoms with van der Waals surface area (Å²) in [4.78, 5) is 27.4. The van der Waals surface area contributed by atoms with Crippen molar-refractivity contribution in [1.82, 2.24) is 10.2 Å². The average molecular weight is 449 g/mol. The monoisotopic (exact) mass is 448 g/mol. The number of hydrogen-bond donors (Lipinski definition) is 1. The van der Waals surface area contributed by atoms with E-state index in [2.05, 4.69) is 5.32 Å². The fraction of sp³-hybridized carbons (Fsp3) is 0.391. The molecule has 1 atom stereocenters. The number of rotatable bonds is 8. The molecule has 0 aliphatic heterocycles. The molecule has 2 aromatic carbocycles. The zero-order chi connectivity index (χ0) is 21.5. The molecule has 0 heterocycles. The highest BCUT2D eigenvalue weighted by atomic mass is 35.5. The van der Waals surface area contributed by atoms with Gasteiger partial charge in [-0.05, 0) is 43.5 Å². The Bertz CT molecular complexity index is 884. The van der Waals surface area contributed by atoms with E-state index in [-0.39, 0.29) is 31.0 Å². The van der Waals surface area contributed by atoms with Crippen LogP contribution >= 0.6 is 23.2 Å². The molecule has 0 radical (unpaired) electrons. The third-order valence-electron chi connectivity index (χ3n) is 5.36. The van der Waals surface area contributed by atoms with Crippen LogP contribution in [-0.4, -0.2) is 35.4 Å². The summed E-state index contributed by atoms with van der Waals surface area (Å²) >= 11 is 12.4. The second kappa shape index (κ2) is 10.7. The van der Waals surface area contributed by atoms with Crippen molar-refractivity contribution in [3.63, 3.8) is 0 Å². The summed E-state index contributed by atoms with van der Waals surface area (Å²) in [6.45, 7) is 1.72. The summed E-state index contributed by atoms with van der Waals surface area (Å²) in [5, 5.41) is 4.04. The minimum absolute atomic E-state index is 0.167. The molecule has 0 spiro atoms. The van der Waals surface area contributed by atoms with Gasteiger partial charge in [-0.15, -0.1) is 0 Å². The maximum atomic E-state index is 13.1. The molecule has 2 aromatic rings. The van der Waals surface area contributed by atoms with Crippen LogP contribution in [0.3, 0.4) is 0 Å². The van der Waals surface area contributed by atoms with E-state index >= 15 is 0 Å². The minimum atomic E-state index is -0.663. The molecule has 5 nitrogen and oxygen atoms in total. The Balaban J connectivity index is 1.73. The Hall–Kier alpha value is -2.24. The Morgan fingerprint density at radius 3 is 2.37 bits per heavy atom. The maximum Gasteiger partial charge on any atom is 0.261 e. The predicted octanol–water partition coefficient (Wildman–Crippen LogP) is 4.85. The molecule has 160 valence electrons. The van der Waals surface area contributed by atoms with Gasteiger partial charge in [-0.2, -0.15) is 0 Å². The number of carbonyl (C=O) groups is 2. The number of carbonyl (C=O) groups excluding carboxylic acids is 2. The van der Waals surface area contributed by atoms with Gasteiger partial charge < -0.3 is 15.0 Å². The van der Waals surface area contributed by atoms with E-state index in [4.69, 9.17) is 27.9 Å². The predicted molar refractivity (Wildman–Crippen MR) is 119 cm³/mol. The van der Waals surface area contributed by atoms with Crippen LogP contribution < -0.4 is 10.1 Å². The van der Waals surface area contributed by atoms with Gasteiger partial charge >= 0.3 is 0 Å². The first-order valence-corrected chi connectivity index (χ1v) is 10.9.